The molecule has 0 aliphatic carbocycles. The van der Waals surface area contributed by atoms with Crippen molar-refractivity contribution in [1.82, 2.24) is 14.8 Å². The van der Waals surface area contributed by atoms with Crippen LogP contribution in [-0.2, 0) is 6.54 Å². The second-order valence-electron chi connectivity index (χ2n) is 10.8. The van der Waals surface area contributed by atoms with Gasteiger partial charge in [0, 0.05) is 16.2 Å². The van der Waals surface area contributed by atoms with Gasteiger partial charge in [-0.15, -0.1) is 5.54 Å². The lowest BCUT2D eigenvalue weighted by Gasteiger charge is -2.38. The van der Waals surface area contributed by atoms with Crippen molar-refractivity contribution in [3.8, 4) is 17.2 Å². The van der Waals surface area contributed by atoms with Gasteiger partial charge in [-0.25, -0.2) is 14.1 Å². The van der Waals surface area contributed by atoms with Crippen LogP contribution in [0.2, 0.25) is 16.6 Å². The first-order chi connectivity index (χ1) is 18.0. The van der Waals surface area contributed by atoms with Gasteiger partial charge in [0.1, 0.15) is 19.6 Å². The van der Waals surface area contributed by atoms with E-state index < -0.39 is 21.0 Å². The first-order valence-electron chi connectivity index (χ1n) is 13.0. The molecule has 4 rings (SSSR count). The van der Waals surface area contributed by atoms with Crippen LogP contribution in [0, 0.1) is 17.3 Å². The number of aromatic nitrogens is 3. The Morgan fingerprint density at radius 3 is 2.18 bits per heavy atom. The summed E-state index contributed by atoms with van der Waals surface area (Å²) in [7, 11) is -2.40. The highest BCUT2D eigenvalue weighted by Gasteiger charge is 2.41. The first-order valence-corrected chi connectivity index (χ1v) is 15.2. The van der Waals surface area contributed by atoms with Gasteiger partial charge < -0.3 is 14.8 Å². The summed E-state index contributed by atoms with van der Waals surface area (Å²) in [6, 6.07) is 10.5. The monoisotopic (exact) mass is 531 g/mol. The van der Waals surface area contributed by atoms with Crippen LogP contribution in [0.25, 0.3) is 21.9 Å². The molecule has 0 fully saturated rings. The third-order valence-corrected chi connectivity index (χ3v) is 14.0. The van der Waals surface area contributed by atoms with Crippen molar-refractivity contribution in [2.75, 3.05) is 7.11 Å². The van der Waals surface area contributed by atoms with E-state index in [2.05, 4.69) is 58.1 Å². The maximum atomic E-state index is 15.4. The zero-order valence-corrected chi connectivity index (χ0v) is 24.1. The third kappa shape index (κ3) is 4.84. The Morgan fingerprint density at radius 1 is 1.00 bits per heavy atom. The summed E-state index contributed by atoms with van der Waals surface area (Å²) in [5.74, 6) is 3.45. The summed E-state index contributed by atoms with van der Waals surface area (Å²) < 4.78 is 22.3. The Kier molecular flexibility index (Phi) is 7.98. The summed E-state index contributed by atoms with van der Waals surface area (Å²) in [4.78, 5) is 4.79. The predicted molar refractivity (Wildman–Crippen MR) is 155 cm³/mol. The summed E-state index contributed by atoms with van der Waals surface area (Å²) in [6.45, 7) is 13.6. The Labute approximate surface area is 225 Å². The number of nitrogens with zero attached hydrogens (tertiary/aromatic N) is 3. The van der Waals surface area contributed by atoms with Crippen molar-refractivity contribution in [3.63, 3.8) is 0 Å². The van der Waals surface area contributed by atoms with Crippen LogP contribution in [0.15, 0.2) is 42.6 Å². The van der Waals surface area contributed by atoms with Crippen LogP contribution in [-0.4, -0.2) is 47.1 Å². The van der Waals surface area contributed by atoms with E-state index in [1.54, 1.807) is 24.1 Å². The molecule has 0 bridgehead atoms. The molecule has 0 spiro atoms. The van der Waals surface area contributed by atoms with E-state index in [-0.39, 0.29) is 11.0 Å². The largest absolute Gasteiger partial charge is 0.497 e. The number of ether oxygens (including phenoxy) is 1. The lowest BCUT2D eigenvalue weighted by molar-refractivity contribution is 0.414. The van der Waals surface area contributed by atoms with Crippen molar-refractivity contribution in [1.29, 1.82) is 0 Å². The van der Waals surface area contributed by atoms with E-state index in [0.29, 0.717) is 45.1 Å². The predicted octanol–water partition coefficient (Wildman–Crippen LogP) is 5.03. The Balaban J connectivity index is 1.94. The fourth-order valence-electron chi connectivity index (χ4n) is 5.88. The first kappa shape index (κ1) is 27.8. The van der Waals surface area contributed by atoms with Gasteiger partial charge in [0.25, 0.3) is 0 Å². The van der Waals surface area contributed by atoms with Crippen molar-refractivity contribution in [2.45, 2.75) is 64.7 Å². The zero-order valence-electron chi connectivity index (χ0n) is 23.1. The fraction of sp³-hybridized carbons (Fsp3) is 0.379. The summed E-state index contributed by atoms with van der Waals surface area (Å²) in [5, 5.41) is 26.3. The van der Waals surface area contributed by atoms with Crippen LogP contribution >= 0.6 is 0 Å². The average molecular weight is 532 g/mol. The van der Waals surface area contributed by atoms with E-state index in [9.17, 15) is 10.0 Å². The minimum absolute atomic E-state index is 0.154. The molecular weight excluding hydrogens is 496 g/mol. The average Bonchev–Trinajstić information content (AvgIpc) is 3.25. The lowest BCUT2D eigenvalue weighted by Crippen LogP contribution is -2.43. The van der Waals surface area contributed by atoms with Crippen molar-refractivity contribution in [3.05, 3.63) is 59.5 Å². The van der Waals surface area contributed by atoms with Gasteiger partial charge in [0.2, 0.25) is 0 Å². The van der Waals surface area contributed by atoms with Gasteiger partial charge >= 0.3 is 7.12 Å². The van der Waals surface area contributed by atoms with E-state index in [0.717, 1.165) is 11.3 Å². The molecule has 38 heavy (non-hydrogen) atoms. The van der Waals surface area contributed by atoms with Crippen molar-refractivity contribution < 1.29 is 19.2 Å². The maximum Gasteiger partial charge on any atom is 0.489 e. The molecule has 2 aromatic heterocycles. The molecule has 198 valence electrons. The van der Waals surface area contributed by atoms with Crippen LogP contribution in [0.3, 0.4) is 0 Å². The van der Waals surface area contributed by atoms with Gasteiger partial charge in [-0.3, -0.25) is 0 Å². The fourth-order valence-corrected chi connectivity index (χ4v) is 11.1. The molecule has 0 saturated heterocycles. The second kappa shape index (κ2) is 10.9. The number of halogens is 1. The molecule has 0 amide bonds. The van der Waals surface area contributed by atoms with Crippen LogP contribution < -0.4 is 10.2 Å². The summed E-state index contributed by atoms with van der Waals surface area (Å²) >= 11 is 0. The van der Waals surface area contributed by atoms with Gasteiger partial charge in [-0.2, -0.15) is 5.10 Å². The number of hydrogen-bond donors (Lipinski definition) is 2. The van der Waals surface area contributed by atoms with Gasteiger partial charge in [0.15, 0.2) is 5.65 Å². The molecular formula is C29H35BFN3O3Si. The molecule has 2 heterocycles. The van der Waals surface area contributed by atoms with E-state index in [4.69, 9.17) is 9.72 Å². The second-order valence-corrected chi connectivity index (χ2v) is 16.3. The zero-order chi connectivity index (χ0) is 27.8. The Hall–Kier alpha value is -3.19. The topological polar surface area (TPSA) is 80.4 Å². The van der Waals surface area contributed by atoms with Gasteiger partial charge in [-0.05, 0) is 46.5 Å². The molecule has 0 aliphatic rings. The number of pyridine rings is 1. The molecule has 2 aromatic carbocycles. The highest BCUT2D eigenvalue weighted by molar-refractivity contribution is 6.90. The SMILES string of the molecule is COc1ccc(Cn2ncc3c(B(O)O)c4c(C#C[Si](C(C)C)(C(C)C)C(C)C)c(F)ccc4nc32)cc1. The Morgan fingerprint density at radius 2 is 1.63 bits per heavy atom. The quantitative estimate of drug-likeness (QED) is 0.258. The summed E-state index contributed by atoms with van der Waals surface area (Å²) in [6.07, 6.45) is 1.55. The molecule has 6 nitrogen and oxygen atoms in total. The number of methoxy groups -OCH3 is 1. The van der Waals surface area contributed by atoms with Crippen LogP contribution in [0.1, 0.15) is 52.7 Å². The minimum Gasteiger partial charge on any atom is -0.497 e. The summed E-state index contributed by atoms with van der Waals surface area (Å²) in [5.41, 5.74) is 6.91. The number of fused-ring (bicyclic) bond motifs is 2. The van der Waals surface area contributed by atoms with Gasteiger partial charge in [0.05, 0.1) is 30.9 Å². The minimum atomic E-state index is -2.16. The normalized spacial score (nSPS) is 12.0. The molecule has 0 unspecified atom stereocenters. The lowest BCUT2D eigenvalue weighted by atomic mass is 9.75. The molecule has 0 aliphatic heterocycles. The molecule has 0 radical (unpaired) electrons. The van der Waals surface area contributed by atoms with E-state index in [1.807, 2.05) is 24.3 Å². The highest BCUT2D eigenvalue weighted by Crippen LogP contribution is 2.41. The van der Waals surface area contributed by atoms with Gasteiger partial charge in [-0.1, -0.05) is 59.6 Å². The van der Waals surface area contributed by atoms with Crippen LogP contribution in [0.5, 0.6) is 5.75 Å². The molecule has 4 aromatic rings. The number of rotatable bonds is 7. The van der Waals surface area contributed by atoms with Crippen LogP contribution in [0.4, 0.5) is 4.39 Å². The number of benzene rings is 2. The van der Waals surface area contributed by atoms with E-state index in [1.165, 1.54) is 6.07 Å². The standard InChI is InChI=1S/C29H35BFN3O3Si/c1-18(2)38(19(3)4,20(5)6)15-14-23-25(31)12-13-26-27(23)28(30(35)36)24-16-32-34(29(24)33-26)17-21-8-10-22(37-7)11-9-21/h8-13,16,18-20,35-36H,17H2,1-7H3. The maximum absolute atomic E-state index is 15.4. The Bertz CT molecular complexity index is 1500. The number of hydrogen-bond acceptors (Lipinski definition) is 5. The highest BCUT2D eigenvalue weighted by atomic mass is 28.3. The molecule has 0 atom stereocenters. The van der Waals surface area contributed by atoms with Crippen molar-refractivity contribution in [2.24, 2.45) is 0 Å². The smallest absolute Gasteiger partial charge is 0.489 e. The molecule has 9 heteroatoms. The van der Waals surface area contributed by atoms with Crippen molar-refractivity contribution >= 4 is 42.6 Å². The van der Waals surface area contributed by atoms with E-state index >= 15 is 4.39 Å². The molecule has 2 N–H and O–H groups in total. The molecule has 0 saturated carbocycles. The third-order valence-electron chi connectivity index (χ3n) is 7.75.